The molecule has 2 aromatic rings. The van der Waals surface area contributed by atoms with Crippen molar-refractivity contribution in [1.29, 1.82) is 0 Å². The van der Waals surface area contributed by atoms with Crippen LogP contribution in [0.2, 0.25) is 0 Å². The van der Waals surface area contributed by atoms with Gasteiger partial charge in [-0.1, -0.05) is 17.3 Å². The second-order valence-electron chi connectivity index (χ2n) is 3.66. The third kappa shape index (κ3) is 2.37. The lowest BCUT2D eigenvalue weighted by Crippen LogP contribution is -2.15. The van der Waals surface area contributed by atoms with Gasteiger partial charge in [0, 0.05) is 30.7 Å². The summed E-state index contributed by atoms with van der Waals surface area (Å²) in [5, 5.41) is 11.6. The summed E-state index contributed by atoms with van der Waals surface area (Å²) in [5.41, 5.74) is 7.07. The molecule has 0 aliphatic carbocycles. The Morgan fingerprint density at radius 2 is 2.22 bits per heavy atom. The highest BCUT2D eigenvalue weighted by molar-refractivity contribution is 5.97. The van der Waals surface area contributed by atoms with Gasteiger partial charge in [-0.05, 0) is 12.1 Å². The molecule has 0 amide bonds. The molecule has 0 aliphatic heterocycles. The fourth-order valence-corrected chi connectivity index (χ4v) is 1.53. The third-order valence-electron chi connectivity index (χ3n) is 2.53. The first kappa shape index (κ1) is 11.8. The number of benzene rings is 1. The average Bonchev–Trinajstić information content (AvgIpc) is 2.46. The van der Waals surface area contributed by atoms with Gasteiger partial charge in [0.25, 0.3) is 0 Å². The molecule has 0 aliphatic rings. The Morgan fingerprint density at radius 3 is 2.89 bits per heavy atom. The van der Waals surface area contributed by atoms with Gasteiger partial charge in [-0.2, -0.15) is 0 Å². The maximum atomic E-state index is 8.66. The van der Waals surface area contributed by atoms with E-state index in [2.05, 4.69) is 15.1 Å². The molecule has 18 heavy (non-hydrogen) atoms. The highest BCUT2D eigenvalue weighted by Gasteiger charge is 2.07. The molecule has 1 aromatic heterocycles. The number of aromatic nitrogens is 2. The van der Waals surface area contributed by atoms with Gasteiger partial charge in [-0.25, -0.2) is 4.98 Å². The number of hydrogen-bond acceptors (Lipinski definition) is 5. The molecule has 0 bridgehead atoms. The van der Waals surface area contributed by atoms with E-state index in [4.69, 9.17) is 10.9 Å². The lowest BCUT2D eigenvalue weighted by Gasteiger charge is -2.18. The molecule has 0 unspecified atom stereocenters. The van der Waals surface area contributed by atoms with Crippen molar-refractivity contribution in [3.05, 3.63) is 48.4 Å². The largest absolute Gasteiger partial charge is 0.409 e. The van der Waals surface area contributed by atoms with Gasteiger partial charge < -0.3 is 15.8 Å². The first-order valence-corrected chi connectivity index (χ1v) is 5.30. The third-order valence-corrected chi connectivity index (χ3v) is 2.53. The minimum Gasteiger partial charge on any atom is -0.409 e. The number of rotatable bonds is 3. The summed E-state index contributed by atoms with van der Waals surface area (Å²) in [4.78, 5) is 10.1. The van der Waals surface area contributed by atoms with Gasteiger partial charge in [-0.15, -0.1) is 0 Å². The lowest BCUT2D eigenvalue weighted by atomic mass is 10.2. The number of oxime groups is 1. The van der Waals surface area contributed by atoms with E-state index < -0.39 is 0 Å². The molecule has 0 radical (unpaired) electrons. The number of hydrogen-bond donors (Lipinski definition) is 2. The van der Waals surface area contributed by atoms with Crippen molar-refractivity contribution in [1.82, 2.24) is 9.97 Å². The second-order valence-corrected chi connectivity index (χ2v) is 3.66. The molecule has 0 saturated carbocycles. The highest BCUT2D eigenvalue weighted by Crippen LogP contribution is 2.21. The van der Waals surface area contributed by atoms with Crippen molar-refractivity contribution in [3.8, 4) is 0 Å². The number of anilines is 2. The SMILES string of the molecule is CN(c1cccc(C(N)=NO)c1)c1cnccn1. The summed E-state index contributed by atoms with van der Waals surface area (Å²) in [6, 6.07) is 7.31. The zero-order valence-electron chi connectivity index (χ0n) is 9.85. The van der Waals surface area contributed by atoms with Gasteiger partial charge in [0.05, 0.1) is 6.20 Å². The van der Waals surface area contributed by atoms with Crippen molar-refractivity contribution in [2.24, 2.45) is 10.9 Å². The van der Waals surface area contributed by atoms with E-state index in [9.17, 15) is 0 Å². The molecule has 6 heteroatoms. The molecule has 1 aromatic carbocycles. The van der Waals surface area contributed by atoms with E-state index in [1.54, 1.807) is 24.7 Å². The normalized spacial score (nSPS) is 11.3. The molecular formula is C12H13N5O. The number of nitrogens with zero attached hydrogens (tertiary/aromatic N) is 4. The second kappa shape index (κ2) is 5.13. The van der Waals surface area contributed by atoms with Gasteiger partial charge in [0.1, 0.15) is 0 Å². The maximum absolute atomic E-state index is 8.66. The van der Waals surface area contributed by atoms with Crippen LogP contribution in [0.3, 0.4) is 0 Å². The van der Waals surface area contributed by atoms with Crippen LogP contribution in [-0.4, -0.2) is 28.1 Å². The van der Waals surface area contributed by atoms with Gasteiger partial charge in [0.2, 0.25) is 0 Å². The molecule has 1 heterocycles. The van der Waals surface area contributed by atoms with Gasteiger partial charge >= 0.3 is 0 Å². The molecule has 92 valence electrons. The van der Waals surface area contributed by atoms with Gasteiger partial charge in [0.15, 0.2) is 11.7 Å². The van der Waals surface area contributed by atoms with E-state index >= 15 is 0 Å². The minimum atomic E-state index is 0.0735. The molecule has 0 saturated heterocycles. The van der Waals surface area contributed by atoms with Crippen LogP contribution >= 0.6 is 0 Å². The van der Waals surface area contributed by atoms with Crippen LogP contribution in [0.1, 0.15) is 5.56 Å². The summed E-state index contributed by atoms with van der Waals surface area (Å²) in [5.74, 6) is 0.790. The van der Waals surface area contributed by atoms with Crippen molar-refractivity contribution in [2.75, 3.05) is 11.9 Å². The van der Waals surface area contributed by atoms with Crippen LogP contribution in [0.5, 0.6) is 0 Å². The smallest absolute Gasteiger partial charge is 0.170 e. The van der Waals surface area contributed by atoms with Crippen LogP contribution in [-0.2, 0) is 0 Å². The monoisotopic (exact) mass is 243 g/mol. The van der Waals surface area contributed by atoms with Crippen LogP contribution in [0.15, 0.2) is 48.0 Å². The first-order chi connectivity index (χ1) is 8.72. The standard InChI is InChI=1S/C12H13N5O/c1-17(11-8-14-5-6-15-11)10-4-2-3-9(7-10)12(13)16-18/h2-8,18H,1H3,(H2,13,16). The molecule has 3 N–H and O–H groups in total. The van der Waals surface area contributed by atoms with Crippen molar-refractivity contribution >= 4 is 17.3 Å². The maximum Gasteiger partial charge on any atom is 0.170 e. The average molecular weight is 243 g/mol. The summed E-state index contributed by atoms with van der Waals surface area (Å²) >= 11 is 0. The summed E-state index contributed by atoms with van der Waals surface area (Å²) in [6.07, 6.45) is 4.90. The van der Waals surface area contributed by atoms with E-state index in [-0.39, 0.29) is 5.84 Å². The summed E-state index contributed by atoms with van der Waals surface area (Å²) in [6.45, 7) is 0. The first-order valence-electron chi connectivity index (χ1n) is 5.30. The van der Waals surface area contributed by atoms with Gasteiger partial charge in [-0.3, -0.25) is 4.98 Å². The fourth-order valence-electron chi connectivity index (χ4n) is 1.53. The summed E-state index contributed by atoms with van der Waals surface area (Å²) < 4.78 is 0. The van der Waals surface area contributed by atoms with Crippen LogP contribution in [0.4, 0.5) is 11.5 Å². The predicted octanol–water partition coefficient (Wildman–Crippen LogP) is 1.34. The van der Waals surface area contributed by atoms with E-state index in [0.717, 1.165) is 5.69 Å². The van der Waals surface area contributed by atoms with Crippen LogP contribution in [0, 0.1) is 0 Å². The molecule has 6 nitrogen and oxygen atoms in total. The summed E-state index contributed by atoms with van der Waals surface area (Å²) in [7, 11) is 1.87. The quantitative estimate of drug-likeness (QED) is 0.367. The van der Waals surface area contributed by atoms with E-state index in [1.165, 1.54) is 0 Å². The Morgan fingerprint density at radius 1 is 1.39 bits per heavy atom. The van der Waals surface area contributed by atoms with E-state index in [0.29, 0.717) is 11.4 Å². The Hall–Kier alpha value is -2.63. The fraction of sp³-hybridized carbons (Fsp3) is 0.0833. The lowest BCUT2D eigenvalue weighted by molar-refractivity contribution is 0.318. The van der Waals surface area contributed by atoms with Crippen LogP contribution in [0.25, 0.3) is 0 Å². The Bertz CT molecular complexity index is 555. The Labute approximate surface area is 104 Å². The van der Waals surface area contributed by atoms with Crippen molar-refractivity contribution in [3.63, 3.8) is 0 Å². The number of nitrogens with two attached hydrogens (primary N) is 1. The molecular weight excluding hydrogens is 230 g/mol. The van der Waals surface area contributed by atoms with Crippen molar-refractivity contribution < 1.29 is 5.21 Å². The minimum absolute atomic E-state index is 0.0735. The molecule has 0 fully saturated rings. The van der Waals surface area contributed by atoms with E-state index in [1.807, 2.05) is 30.1 Å². The number of amidine groups is 1. The highest BCUT2D eigenvalue weighted by atomic mass is 16.4. The zero-order valence-corrected chi connectivity index (χ0v) is 9.85. The topological polar surface area (TPSA) is 87.6 Å². The van der Waals surface area contributed by atoms with Crippen molar-refractivity contribution in [2.45, 2.75) is 0 Å². The Kier molecular flexibility index (Phi) is 3.38. The zero-order chi connectivity index (χ0) is 13.0. The molecule has 2 rings (SSSR count). The molecule has 0 spiro atoms. The molecule has 0 atom stereocenters. The Balaban J connectivity index is 2.34. The van der Waals surface area contributed by atoms with Crippen LogP contribution < -0.4 is 10.6 Å². The predicted molar refractivity (Wildman–Crippen MR) is 69.0 cm³/mol.